The van der Waals surface area contributed by atoms with Crippen molar-refractivity contribution in [3.8, 4) is 0 Å². The topological polar surface area (TPSA) is 71.1 Å². The Hall–Kier alpha value is -1.46. The van der Waals surface area contributed by atoms with Crippen LogP contribution in [0.1, 0.15) is 6.92 Å². The Labute approximate surface area is 75.7 Å². The lowest BCUT2D eigenvalue weighted by Gasteiger charge is -1.94. The molecule has 0 aromatic heterocycles. The molecule has 13 heavy (non-hydrogen) atoms. The Balaban J connectivity index is 0.000000223. The van der Waals surface area contributed by atoms with E-state index in [2.05, 4.69) is 18.9 Å². The van der Waals surface area contributed by atoms with Crippen molar-refractivity contribution in [3.05, 3.63) is 0 Å². The Kier molecular flexibility index (Phi) is 6.39. The van der Waals surface area contributed by atoms with Gasteiger partial charge in [-0.2, -0.15) is 0 Å². The maximum absolute atomic E-state index is 9.97. The zero-order valence-corrected chi connectivity index (χ0v) is 7.57. The van der Waals surface area contributed by atoms with Crippen LogP contribution in [0.15, 0.2) is 0 Å². The van der Waals surface area contributed by atoms with E-state index in [1.54, 1.807) is 6.92 Å². The van der Waals surface area contributed by atoms with E-state index in [9.17, 15) is 9.59 Å². The fourth-order valence-electron chi connectivity index (χ4n) is 0.468. The normalized spacial score (nSPS) is 13.2. The predicted molar refractivity (Wildman–Crippen MR) is 41.3 cm³/mol. The summed E-state index contributed by atoms with van der Waals surface area (Å²) >= 11 is 0. The molecule has 1 aliphatic rings. The smallest absolute Gasteiger partial charge is 0.438 e. The molecular weight excluding hydrogens is 180 g/mol. The second-order valence-electron chi connectivity index (χ2n) is 1.83. The number of ether oxygens (including phenoxy) is 4. The first-order valence-electron chi connectivity index (χ1n) is 3.71. The maximum atomic E-state index is 9.97. The molecule has 76 valence electrons. The minimum absolute atomic E-state index is 0.368. The highest BCUT2D eigenvalue weighted by atomic mass is 16.8. The minimum Gasteiger partial charge on any atom is -0.438 e. The van der Waals surface area contributed by atoms with Crippen molar-refractivity contribution in [1.29, 1.82) is 0 Å². The first-order valence-corrected chi connectivity index (χ1v) is 3.71. The molecule has 6 heteroatoms. The SMILES string of the molecule is CCOC(=O)OC.O=C1OCCO1. The molecule has 6 nitrogen and oxygen atoms in total. The lowest BCUT2D eigenvalue weighted by atomic mass is 10.8. The van der Waals surface area contributed by atoms with E-state index in [1.807, 2.05) is 0 Å². The number of carbonyl (C=O) groups is 2. The standard InChI is InChI=1S/C4H8O3.C3H4O3/c1-3-7-4(5)6-2;4-3-5-1-2-6-3/h3H2,1-2H3;1-2H2. The van der Waals surface area contributed by atoms with Crippen molar-refractivity contribution in [2.24, 2.45) is 0 Å². The summed E-state index contributed by atoms with van der Waals surface area (Å²) in [4.78, 5) is 19.8. The molecule has 0 aromatic carbocycles. The largest absolute Gasteiger partial charge is 0.508 e. The van der Waals surface area contributed by atoms with E-state index in [1.165, 1.54) is 7.11 Å². The summed E-state index contributed by atoms with van der Waals surface area (Å²) < 4.78 is 17.0. The van der Waals surface area contributed by atoms with Crippen LogP contribution in [-0.2, 0) is 18.9 Å². The van der Waals surface area contributed by atoms with Crippen molar-refractivity contribution < 1.29 is 28.5 Å². The Morgan fingerprint density at radius 2 is 2.00 bits per heavy atom. The average molecular weight is 192 g/mol. The van der Waals surface area contributed by atoms with Gasteiger partial charge in [-0.15, -0.1) is 0 Å². The highest BCUT2D eigenvalue weighted by molar-refractivity contribution is 5.61. The first kappa shape index (κ1) is 11.5. The van der Waals surface area contributed by atoms with Gasteiger partial charge in [-0.1, -0.05) is 0 Å². The van der Waals surface area contributed by atoms with Gasteiger partial charge in [-0.25, -0.2) is 9.59 Å². The number of carbonyl (C=O) groups excluding carboxylic acids is 2. The molecule has 0 aliphatic carbocycles. The lowest BCUT2D eigenvalue weighted by molar-refractivity contribution is 0.0771. The molecule has 0 spiro atoms. The Bertz CT molecular complexity index is 158. The number of hydrogen-bond donors (Lipinski definition) is 0. The fraction of sp³-hybridized carbons (Fsp3) is 0.714. The van der Waals surface area contributed by atoms with E-state index < -0.39 is 12.3 Å². The molecule has 0 atom stereocenters. The van der Waals surface area contributed by atoms with Crippen LogP contribution < -0.4 is 0 Å². The molecule has 0 radical (unpaired) electrons. The van der Waals surface area contributed by atoms with E-state index >= 15 is 0 Å². The van der Waals surface area contributed by atoms with Crippen molar-refractivity contribution >= 4 is 12.3 Å². The highest BCUT2D eigenvalue weighted by Crippen LogP contribution is 1.92. The predicted octanol–water partition coefficient (Wildman–Crippen LogP) is 0.943. The number of rotatable bonds is 1. The number of cyclic esters (lactones) is 2. The Morgan fingerprint density at radius 3 is 2.15 bits per heavy atom. The molecule has 1 heterocycles. The molecule has 0 bridgehead atoms. The van der Waals surface area contributed by atoms with E-state index in [0.717, 1.165) is 0 Å². The quantitative estimate of drug-likeness (QED) is 0.576. The molecule has 1 fully saturated rings. The third-order valence-electron chi connectivity index (χ3n) is 0.952. The third kappa shape index (κ3) is 6.92. The monoisotopic (exact) mass is 192 g/mol. The van der Waals surface area contributed by atoms with Gasteiger partial charge in [0.1, 0.15) is 13.2 Å². The first-order chi connectivity index (χ1) is 6.20. The van der Waals surface area contributed by atoms with Gasteiger partial charge < -0.3 is 18.9 Å². The van der Waals surface area contributed by atoms with Gasteiger partial charge in [0.15, 0.2) is 0 Å². The van der Waals surface area contributed by atoms with Gasteiger partial charge in [0.25, 0.3) is 0 Å². The van der Waals surface area contributed by atoms with Gasteiger partial charge >= 0.3 is 12.3 Å². The summed E-state index contributed by atoms with van der Waals surface area (Å²) in [5.41, 5.74) is 0. The van der Waals surface area contributed by atoms with Crippen LogP contribution in [0.25, 0.3) is 0 Å². The van der Waals surface area contributed by atoms with Gasteiger partial charge in [0.2, 0.25) is 0 Å². The molecule has 1 aliphatic heterocycles. The molecule has 0 saturated carbocycles. The number of hydrogen-bond acceptors (Lipinski definition) is 6. The molecular formula is C7H12O6. The highest BCUT2D eigenvalue weighted by Gasteiger charge is 2.09. The van der Waals surface area contributed by atoms with Crippen molar-refractivity contribution in [1.82, 2.24) is 0 Å². The van der Waals surface area contributed by atoms with Crippen molar-refractivity contribution in [2.75, 3.05) is 26.9 Å². The van der Waals surface area contributed by atoms with Crippen molar-refractivity contribution in [2.45, 2.75) is 6.92 Å². The van der Waals surface area contributed by atoms with E-state index in [4.69, 9.17) is 0 Å². The zero-order chi connectivity index (χ0) is 10.1. The van der Waals surface area contributed by atoms with E-state index in [-0.39, 0.29) is 0 Å². The van der Waals surface area contributed by atoms with Gasteiger partial charge in [0.05, 0.1) is 13.7 Å². The number of methoxy groups -OCH3 is 1. The summed E-state index contributed by atoms with van der Waals surface area (Å²) in [5.74, 6) is 0. The van der Waals surface area contributed by atoms with Gasteiger partial charge in [-0.05, 0) is 6.92 Å². The molecule has 1 rings (SSSR count). The van der Waals surface area contributed by atoms with Crippen LogP contribution in [0.2, 0.25) is 0 Å². The summed E-state index contributed by atoms with van der Waals surface area (Å²) in [6, 6.07) is 0. The van der Waals surface area contributed by atoms with Crippen molar-refractivity contribution in [3.63, 3.8) is 0 Å². The van der Waals surface area contributed by atoms with Crippen LogP contribution >= 0.6 is 0 Å². The van der Waals surface area contributed by atoms with Crippen LogP contribution in [0, 0.1) is 0 Å². The van der Waals surface area contributed by atoms with Gasteiger partial charge in [0, 0.05) is 0 Å². The Morgan fingerprint density at radius 1 is 1.46 bits per heavy atom. The third-order valence-corrected chi connectivity index (χ3v) is 0.952. The summed E-state index contributed by atoms with van der Waals surface area (Å²) in [6.45, 7) is 2.92. The summed E-state index contributed by atoms with van der Waals surface area (Å²) in [6.07, 6.45) is -1.17. The second kappa shape index (κ2) is 7.20. The summed E-state index contributed by atoms with van der Waals surface area (Å²) in [7, 11) is 1.28. The molecule has 1 saturated heterocycles. The average Bonchev–Trinajstić information content (AvgIpc) is 2.57. The molecule has 0 N–H and O–H groups in total. The van der Waals surface area contributed by atoms with Crippen LogP contribution in [0.3, 0.4) is 0 Å². The van der Waals surface area contributed by atoms with Crippen LogP contribution in [0.4, 0.5) is 9.59 Å². The van der Waals surface area contributed by atoms with Crippen LogP contribution in [-0.4, -0.2) is 39.2 Å². The second-order valence-corrected chi connectivity index (χ2v) is 1.83. The zero-order valence-electron chi connectivity index (χ0n) is 7.57. The molecule has 0 unspecified atom stereocenters. The fourth-order valence-corrected chi connectivity index (χ4v) is 0.468. The van der Waals surface area contributed by atoms with Crippen LogP contribution in [0.5, 0.6) is 0 Å². The maximum Gasteiger partial charge on any atom is 0.508 e. The van der Waals surface area contributed by atoms with E-state index in [0.29, 0.717) is 19.8 Å². The summed E-state index contributed by atoms with van der Waals surface area (Å²) in [5, 5.41) is 0. The lowest BCUT2D eigenvalue weighted by Crippen LogP contribution is -2.02. The minimum atomic E-state index is -0.623. The molecule has 0 amide bonds. The van der Waals surface area contributed by atoms with Gasteiger partial charge in [-0.3, -0.25) is 0 Å². The molecule has 0 aromatic rings.